The summed E-state index contributed by atoms with van der Waals surface area (Å²) in [6, 6.07) is 8.39. The Bertz CT molecular complexity index is 669. The van der Waals surface area contributed by atoms with Gasteiger partial charge in [-0.1, -0.05) is 12.1 Å². The maximum absolute atomic E-state index is 12.8. The van der Waals surface area contributed by atoms with Crippen LogP contribution in [-0.2, 0) is 6.18 Å². The zero-order valence-electron chi connectivity index (χ0n) is 15.6. The van der Waals surface area contributed by atoms with Crippen LogP contribution in [0.5, 0.6) is 0 Å². The van der Waals surface area contributed by atoms with Crippen molar-refractivity contribution in [3.8, 4) is 6.07 Å². The van der Waals surface area contributed by atoms with Crippen LogP contribution in [0.25, 0.3) is 0 Å². The molecule has 1 aromatic rings. The van der Waals surface area contributed by atoms with Crippen molar-refractivity contribution in [3.05, 3.63) is 35.4 Å². The molecule has 0 aromatic heterocycles. The monoisotopic (exact) mass is 376 g/mol. The lowest BCUT2D eigenvalue weighted by atomic mass is 9.73. The van der Waals surface area contributed by atoms with E-state index < -0.39 is 11.7 Å². The average molecular weight is 376 g/mol. The number of nitriles is 1. The van der Waals surface area contributed by atoms with Gasteiger partial charge >= 0.3 is 6.18 Å². The number of alkyl halides is 3. The molecule has 0 heterocycles. The van der Waals surface area contributed by atoms with Crippen molar-refractivity contribution < 1.29 is 13.2 Å². The fraction of sp³-hybridized carbons (Fsp3) is 0.682. The van der Waals surface area contributed by atoms with E-state index >= 15 is 0 Å². The first-order valence-corrected chi connectivity index (χ1v) is 10.2. The number of rotatable bonds is 6. The largest absolute Gasteiger partial charge is 0.416 e. The van der Waals surface area contributed by atoms with Crippen LogP contribution in [0.3, 0.4) is 0 Å². The molecule has 4 rings (SSSR count). The smallest absolute Gasteiger partial charge is 0.300 e. The van der Waals surface area contributed by atoms with Gasteiger partial charge in [-0.15, -0.1) is 0 Å². The van der Waals surface area contributed by atoms with Gasteiger partial charge in [0.2, 0.25) is 0 Å². The predicted molar refractivity (Wildman–Crippen MR) is 97.9 cm³/mol. The van der Waals surface area contributed by atoms with Crippen LogP contribution in [0.4, 0.5) is 13.2 Å². The van der Waals surface area contributed by atoms with Crippen molar-refractivity contribution in [3.63, 3.8) is 0 Å². The summed E-state index contributed by atoms with van der Waals surface area (Å²) in [5, 5.41) is 9.75. The molecule has 27 heavy (non-hydrogen) atoms. The topological polar surface area (TPSA) is 27.0 Å². The Morgan fingerprint density at radius 3 is 2.00 bits per heavy atom. The van der Waals surface area contributed by atoms with Crippen molar-refractivity contribution in [2.24, 2.45) is 17.8 Å². The highest BCUT2D eigenvalue weighted by molar-refractivity contribution is 5.29. The standard InChI is InChI=1S/C22H27F3N2/c23-22(24,25)19-7-5-17(6-8-19)21-10-9-20(11-18(21)12-26)27(13-15-1-2-15)14-16-3-4-16/h5-8,15-16,18,20-21H,1-4,9-11,13-14H2. The Balaban J connectivity index is 1.43. The second kappa shape index (κ2) is 7.47. The zero-order chi connectivity index (χ0) is 19.0. The maximum atomic E-state index is 12.8. The van der Waals surface area contributed by atoms with Gasteiger partial charge < -0.3 is 0 Å². The molecule has 3 saturated carbocycles. The summed E-state index contributed by atoms with van der Waals surface area (Å²) < 4.78 is 38.4. The Hall–Kier alpha value is -1.54. The lowest BCUT2D eigenvalue weighted by Crippen LogP contribution is -2.42. The minimum absolute atomic E-state index is 0.0530. The van der Waals surface area contributed by atoms with Crippen LogP contribution in [0.15, 0.2) is 24.3 Å². The Labute approximate surface area is 159 Å². The molecule has 0 radical (unpaired) electrons. The van der Waals surface area contributed by atoms with Gasteiger partial charge in [0.05, 0.1) is 17.6 Å². The third kappa shape index (κ3) is 4.66. The van der Waals surface area contributed by atoms with Crippen LogP contribution < -0.4 is 0 Å². The quantitative estimate of drug-likeness (QED) is 0.646. The summed E-state index contributed by atoms with van der Waals surface area (Å²) in [4.78, 5) is 2.64. The van der Waals surface area contributed by atoms with E-state index in [1.54, 1.807) is 12.1 Å². The highest BCUT2D eigenvalue weighted by Crippen LogP contribution is 2.42. The fourth-order valence-electron chi connectivity index (χ4n) is 4.58. The van der Waals surface area contributed by atoms with Crippen LogP contribution in [-0.4, -0.2) is 24.0 Å². The normalized spacial score (nSPS) is 28.9. The number of hydrogen-bond acceptors (Lipinski definition) is 2. The second-order valence-corrected chi connectivity index (χ2v) is 8.77. The number of benzene rings is 1. The molecule has 0 spiro atoms. The van der Waals surface area contributed by atoms with Crippen molar-refractivity contribution >= 4 is 0 Å². The van der Waals surface area contributed by atoms with Gasteiger partial charge in [0, 0.05) is 19.1 Å². The molecule has 0 aliphatic heterocycles. The molecule has 1 aromatic carbocycles. The van der Waals surface area contributed by atoms with Gasteiger partial charge in [-0.2, -0.15) is 18.4 Å². The van der Waals surface area contributed by atoms with Crippen LogP contribution >= 0.6 is 0 Å². The maximum Gasteiger partial charge on any atom is 0.416 e. The summed E-state index contributed by atoms with van der Waals surface area (Å²) >= 11 is 0. The van der Waals surface area contributed by atoms with Crippen molar-refractivity contribution in [1.29, 1.82) is 5.26 Å². The van der Waals surface area contributed by atoms with E-state index in [0.29, 0.717) is 6.04 Å². The summed E-state index contributed by atoms with van der Waals surface area (Å²) in [6.45, 7) is 2.34. The zero-order valence-corrected chi connectivity index (χ0v) is 15.6. The highest BCUT2D eigenvalue weighted by Gasteiger charge is 2.38. The molecule has 3 fully saturated rings. The molecular formula is C22H27F3N2. The molecule has 3 unspecified atom stereocenters. The Morgan fingerprint density at radius 2 is 1.52 bits per heavy atom. The minimum atomic E-state index is -4.31. The first-order chi connectivity index (χ1) is 12.9. The number of halogens is 3. The lowest BCUT2D eigenvalue weighted by molar-refractivity contribution is -0.137. The van der Waals surface area contributed by atoms with Crippen molar-refractivity contribution in [2.75, 3.05) is 13.1 Å². The van der Waals surface area contributed by atoms with Crippen LogP contribution in [0, 0.1) is 29.1 Å². The molecule has 0 amide bonds. The van der Waals surface area contributed by atoms with Gasteiger partial charge in [0.15, 0.2) is 0 Å². The van der Waals surface area contributed by atoms with Crippen molar-refractivity contribution in [1.82, 2.24) is 4.90 Å². The molecule has 0 bridgehead atoms. The molecular weight excluding hydrogens is 349 g/mol. The van der Waals surface area contributed by atoms with E-state index in [1.165, 1.54) is 38.8 Å². The van der Waals surface area contributed by atoms with Gasteiger partial charge in [-0.05, 0) is 80.4 Å². The first kappa shape index (κ1) is 18.8. The summed E-state index contributed by atoms with van der Waals surface area (Å²) in [5.41, 5.74) is 0.262. The molecule has 146 valence electrons. The van der Waals surface area contributed by atoms with E-state index in [1.807, 2.05) is 0 Å². The number of nitrogens with zero attached hydrogens (tertiary/aromatic N) is 2. The van der Waals surface area contributed by atoms with Crippen molar-refractivity contribution in [2.45, 2.75) is 63.1 Å². The average Bonchev–Trinajstić information content (AvgIpc) is 3.56. The third-order valence-electron chi connectivity index (χ3n) is 6.55. The minimum Gasteiger partial charge on any atom is -0.300 e. The Morgan fingerprint density at radius 1 is 0.926 bits per heavy atom. The van der Waals surface area contributed by atoms with E-state index in [0.717, 1.165) is 48.8 Å². The summed E-state index contributed by atoms with van der Waals surface area (Å²) in [7, 11) is 0. The van der Waals surface area contributed by atoms with E-state index in [4.69, 9.17) is 0 Å². The second-order valence-electron chi connectivity index (χ2n) is 8.77. The Kier molecular flexibility index (Phi) is 5.20. The first-order valence-electron chi connectivity index (χ1n) is 10.2. The van der Waals surface area contributed by atoms with Gasteiger partial charge in [0.1, 0.15) is 0 Å². The molecule has 0 saturated heterocycles. The van der Waals surface area contributed by atoms with Crippen LogP contribution in [0.2, 0.25) is 0 Å². The molecule has 0 N–H and O–H groups in total. The van der Waals surface area contributed by atoms with Gasteiger partial charge in [-0.25, -0.2) is 0 Å². The van der Waals surface area contributed by atoms with E-state index in [9.17, 15) is 18.4 Å². The van der Waals surface area contributed by atoms with E-state index in [2.05, 4.69) is 11.0 Å². The van der Waals surface area contributed by atoms with Crippen LogP contribution in [0.1, 0.15) is 62.0 Å². The SMILES string of the molecule is N#CC1CC(N(CC2CC2)CC2CC2)CCC1c1ccc(C(F)(F)F)cc1. The van der Waals surface area contributed by atoms with Gasteiger partial charge in [0.25, 0.3) is 0 Å². The van der Waals surface area contributed by atoms with Gasteiger partial charge in [-0.3, -0.25) is 4.90 Å². The molecule has 2 nitrogen and oxygen atoms in total. The number of hydrogen-bond donors (Lipinski definition) is 0. The molecule has 3 aliphatic rings. The van der Waals surface area contributed by atoms with E-state index in [-0.39, 0.29) is 11.8 Å². The fourth-order valence-corrected chi connectivity index (χ4v) is 4.58. The third-order valence-corrected chi connectivity index (χ3v) is 6.55. The highest BCUT2D eigenvalue weighted by atomic mass is 19.4. The molecule has 3 atom stereocenters. The summed E-state index contributed by atoms with van der Waals surface area (Å²) in [6.07, 6.45) is 3.82. The summed E-state index contributed by atoms with van der Waals surface area (Å²) in [5.74, 6) is 1.63. The molecule has 3 aliphatic carbocycles. The predicted octanol–water partition coefficient (Wildman–Crippen LogP) is 5.60. The lowest BCUT2D eigenvalue weighted by Gasteiger charge is -2.39. The molecule has 5 heteroatoms.